The van der Waals surface area contributed by atoms with Gasteiger partial charge in [-0.1, -0.05) is 38.1 Å². The molecule has 34 heavy (non-hydrogen) atoms. The van der Waals surface area contributed by atoms with Crippen molar-refractivity contribution in [1.82, 2.24) is 9.62 Å². The summed E-state index contributed by atoms with van der Waals surface area (Å²) < 4.78 is 36.9. The predicted molar refractivity (Wildman–Crippen MR) is 131 cm³/mol. The van der Waals surface area contributed by atoms with Gasteiger partial charge in [0, 0.05) is 19.2 Å². The Kier molecular flexibility index (Phi) is 10.3. The molecule has 184 valence electrons. The second kappa shape index (κ2) is 12.9. The topological polar surface area (TPSA) is 102 Å². The lowest BCUT2D eigenvalue weighted by atomic mass is 10.0. The lowest BCUT2D eigenvalue weighted by Crippen LogP contribution is -2.30. The third-order valence-corrected chi connectivity index (χ3v) is 7.20. The average Bonchev–Trinajstić information content (AvgIpc) is 2.83. The molecule has 0 aliphatic heterocycles. The first-order valence-electron chi connectivity index (χ1n) is 11.1. The highest BCUT2D eigenvalue weighted by Gasteiger charge is 2.21. The summed E-state index contributed by atoms with van der Waals surface area (Å²) in [6.07, 6.45) is 2.89. The van der Waals surface area contributed by atoms with E-state index in [-0.39, 0.29) is 17.9 Å². The third-order valence-electron chi connectivity index (χ3n) is 5.14. The molecule has 0 bridgehead atoms. The van der Waals surface area contributed by atoms with Crippen molar-refractivity contribution in [3.05, 3.63) is 65.7 Å². The van der Waals surface area contributed by atoms with Crippen LogP contribution in [0.5, 0.6) is 5.75 Å². The van der Waals surface area contributed by atoms with Gasteiger partial charge in [-0.25, -0.2) is 8.42 Å². The smallest absolute Gasteiger partial charge is 0.308 e. The molecule has 2 aromatic rings. The number of esters is 1. The van der Waals surface area contributed by atoms with E-state index in [4.69, 9.17) is 9.47 Å². The maximum absolute atomic E-state index is 12.6. The van der Waals surface area contributed by atoms with Gasteiger partial charge in [0.1, 0.15) is 5.75 Å². The number of benzene rings is 2. The van der Waals surface area contributed by atoms with Gasteiger partial charge in [-0.05, 0) is 48.4 Å². The van der Waals surface area contributed by atoms with Gasteiger partial charge in [-0.2, -0.15) is 4.31 Å². The minimum Gasteiger partial charge on any atom is -0.497 e. The number of nitrogens with zero attached hydrogens (tertiary/aromatic N) is 1. The Bertz CT molecular complexity index is 1090. The number of carbonyl (C=O) groups is 2. The predicted octanol–water partition coefficient (Wildman–Crippen LogP) is 3.55. The lowest BCUT2D eigenvalue weighted by molar-refractivity contribution is -0.143. The van der Waals surface area contributed by atoms with E-state index in [1.54, 1.807) is 70.4 Å². The molecule has 0 radical (unpaired) electrons. The van der Waals surface area contributed by atoms with Crippen LogP contribution < -0.4 is 10.1 Å². The summed E-state index contributed by atoms with van der Waals surface area (Å²) in [5, 5.41) is 2.83. The van der Waals surface area contributed by atoms with Gasteiger partial charge in [0.15, 0.2) is 0 Å². The maximum atomic E-state index is 12.6. The van der Waals surface area contributed by atoms with Crippen molar-refractivity contribution in [2.45, 2.75) is 38.1 Å². The summed E-state index contributed by atoms with van der Waals surface area (Å²) in [5.74, 6) is -0.225. The fourth-order valence-corrected chi connectivity index (χ4v) is 4.81. The molecule has 1 atom stereocenters. The van der Waals surface area contributed by atoms with Gasteiger partial charge >= 0.3 is 5.97 Å². The number of sulfonamides is 1. The van der Waals surface area contributed by atoms with Gasteiger partial charge in [0.05, 0.1) is 31.1 Å². The van der Waals surface area contributed by atoms with Crippen LogP contribution in [-0.4, -0.2) is 51.4 Å². The summed E-state index contributed by atoms with van der Waals surface area (Å²) in [6, 6.07) is 12.8. The van der Waals surface area contributed by atoms with E-state index < -0.39 is 27.9 Å². The molecule has 0 spiro atoms. The Morgan fingerprint density at radius 1 is 1.06 bits per heavy atom. The van der Waals surface area contributed by atoms with Crippen LogP contribution in [0.3, 0.4) is 0 Å². The van der Waals surface area contributed by atoms with Crippen molar-refractivity contribution >= 4 is 28.0 Å². The number of hydrogen-bond acceptors (Lipinski definition) is 6. The highest BCUT2D eigenvalue weighted by atomic mass is 32.2. The standard InChI is InChI=1S/C25H32N2O6S/c1-5-27(6-2)34(30,31)22-14-11-19(12-15-22)13-16-24(28)26-23(18-25(29)33-7-3)20-9-8-10-21(17-20)32-4/h8-17,23H,5-7,18H2,1-4H3,(H,26,28)/b16-13+. The monoisotopic (exact) mass is 488 g/mol. The van der Waals surface area contributed by atoms with Gasteiger partial charge in [-0.15, -0.1) is 0 Å². The summed E-state index contributed by atoms with van der Waals surface area (Å²) in [4.78, 5) is 24.9. The van der Waals surface area contributed by atoms with E-state index in [0.717, 1.165) is 0 Å². The van der Waals surface area contributed by atoms with Crippen LogP contribution >= 0.6 is 0 Å². The molecule has 0 saturated heterocycles. The SMILES string of the molecule is CCOC(=O)CC(NC(=O)/C=C/c1ccc(S(=O)(=O)N(CC)CC)cc1)c1cccc(OC)c1. The normalized spacial score (nSPS) is 12.5. The van der Waals surface area contributed by atoms with Gasteiger partial charge in [0.2, 0.25) is 15.9 Å². The molecule has 2 aromatic carbocycles. The highest BCUT2D eigenvalue weighted by Crippen LogP contribution is 2.22. The van der Waals surface area contributed by atoms with E-state index in [1.165, 1.54) is 22.5 Å². The summed E-state index contributed by atoms with van der Waals surface area (Å²) >= 11 is 0. The number of nitrogens with one attached hydrogen (secondary N) is 1. The number of rotatable bonds is 12. The summed E-state index contributed by atoms with van der Waals surface area (Å²) in [6.45, 7) is 6.33. The Labute approximate surface area is 201 Å². The first-order valence-corrected chi connectivity index (χ1v) is 12.6. The molecule has 2 rings (SSSR count). The van der Waals surface area contributed by atoms with Crippen molar-refractivity contribution in [2.24, 2.45) is 0 Å². The first-order chi connectivity index (χ1) is 16.2. The number of methoxy groups -OCH3 is 1. The fraction of sp³-hybridized carbons (Fsp3) is 0.360. The zero-order valence-corrected chi connectivity index (χ0v) is 20.8. The number of amides is 1. The quantitative estimate of drug-likeness (QED) is 0.362. The van der Waals surface area contributed by atoms with E-state index >= 15 is 0 Å². The molecule has 0 saturated carbocycles. The fourth-order valence-electron chi connectivity index (χ4n) is 3.35. The number of carbonyl (C=O) groups excluding carboxylic acids is 2. The average molecular weight is 489 g/mol. The van der Waals surface area contributed by atoms with E-state index in [0.29, 0.717) is 30.0 Å². The second-order valence-electron chi connectivity index (χ2n) is 7.34. The maximum Gasteiger partial charge on any atom is 0.308 e. The minimum absolute atomic E-state index is 0.0293. The first kappa shape index (κ1) is 27.1. The largest absolute Gasteiger partial charge is 0.497 e. The third kappa shape index (κ3) is 7.43. The molecule has 0 aliphatic carbocycles. The van der Waals surface area contributed by atoms with E-state index in [9.17, 15) is 18.0 Å². The Hall–Kier alpha value is -3.17. The number of hydrogen-bond donors (Lipinski definition) is 1. The highest BCUT2D eigenvalue weighted by molar-refractivity contribution is 7.89. The molecule has 0 heterocycles. The van der Waals surface area contributed by atoms with E-state index in [1.807, 2.05) is 0 Å². The summed E-state index contributed by atoms with van der Waals surface area (Å²) in [5.41, 5.74) is 1.37. The minimum atomic E-state index is -3.54. The van der Waals surface area contributed by atoms with Crippen LogP contribution in [0.25, 0.3) is 6.08 Å². The van der Waals surface area contributed by atoms with Crippen LogP contribution in [0.1, 0.15) is 44.4 Å². The molecule has 0 aliphatic rings. The van der Waals surface area contributed by atoms with Gasteiger partial charge in [0.25, 0.3) is 0 Å². The molecule has 1 unspecified atom stereocenters. The molecular weight excluding hydrogens is 456 g/mol. The van der Waals surface area contributed by atoms with Crippen molar-refractivity contribution in [3.8, 4) is 5.75 Å². The van der Waals surface area contributed by atoms with Gasteiger partial charge in [-0.3, -0.25) is 9.59 Å². The number of ether oxygens (including phenoxy) is 2. The van der Waals surface area contributed by atoms with Crippen molar-refractivity contribution in [3.63, 3.8) is 0 Å². The van der Waals surface area contributed by atoms with Crippen LogP contribution in [0, 0.1) is 0 Å². The molecular formula is C25H32N2O6S. The summed E-state index contributed by atoms with van der Waals surface area (Å²) in [7, 11) is -2.00. The van der Waals surface area contributed by atoms with Crippen LogP contribution in [0.2, 0.25) is 0 Å². The van der Waals surface area contributed by atoms with Crippen LogP contribution in [-0.2, 0) is 24.3 Å². The molecule has 8 nitrogen and oxygen atoms in total. The molecule has 0 fully saturated rings. The van der Waals surface area contributed by atoms with Crippen molar-refractivity contribution in [1.29, 1.82) is 0 Å². The Morgan fingerprint density at radius 2 is 1.74 bits per heavy atom. The Morgan fingerprint density at radius 3 is 2.32 bits per heavy atom. The molecule has 9 heteroatoms. The molecule has 1 N–H and O–H groups in total. The van der Waals surface area contributed by atoms with E-state index in [2.05, 4.69) is 5.32 Å². The zero-order chi connectivity index (χ0) is 25.1. The second-order valence-corrected chi connectivity index (χ2v) is 9.28. The van der Waals surface area contributed by atoms with Crippen molar-refractivity contribution < 1.29 is 27.5 Å². The van der Waals surface area contributed by atoms with Gasteiger partial charge < -0.3 is 14.8 Å². The zero-order valence-electron chi connectivity index (χ0n) is 20.0. The van der Waals surface area contributed by atoms with Crippen LogP contribution in [0.4, 0.5) is 0 Å². The van der Waals surface area contributed by atoms with Crippen LogP contribution in [0.15, 0.2) is 59.5 Å². The molecule has 1 amide bonds. The lowest BCUT2D eigenvalue weighted by Gasteiger charge is -2.18. The Balaban J connectivity index is 2.15. The van der Waals surface area contributed by atoms with Crippen molar-refractivity contribution in [2.75, 3.05) is 26.8 Å². The molecule has 0 aromatic heterocycles.